The SMILES string of the molecule is CCOC(=O)C(Cc1ccccc1)NCc1ccc(OC)c(-c2ccc(O)c3c2C[C@]2(C)C[C@]4(C)[C@@H](C(C)C)C(O)[C@@H](C(N)=O)C(=O)[C@]4(O)C(O)[C@H]2C3=O)c1. The molecule has 3 aliphatic carbocycles. The Balaban J connectivity index is 1.42. The van der Waals surface area contributed by atoms with Crippen LogP contribution < -0.4 is 15.8 Å². The minimum absolute atomic E-state index is 0.0212. The van der Waals surface area contributed by atoms with Crippen molar-refractivity contribution >= 4 is 23.4 Å². The minimum Gasteiger partial charge on any atom is -0.507 e. The number of fused-ring (bicyclic) bond motifs is 3. The Morgan fingerprint density at radius 2 is 1.69 bits per heavy atom. The van der Waals surface area contributed by atoms with E-state index in [-0.39, 0.29) is 49.2 Å². The van der Waals surface area contributed by atoms with Gasteiger partial charge < -0.3 is 41.0 Å². The van der Waals surface area contributed by atoms with Crippen LogP contribution in [0.3, 0.4) is 0 Å². The van der Waals surface area contributed by atoms with E-state index < -0.39 is 69.9 Å². The zero-order valence-corrected chi connectivity index (χ0v) is 32.2. The number of phenols is 1. The van der Waals surface area contributed by atoms with E-state index in [1.54, 1.807) is 39.8 Å². The topological polar surface area (TPSA) is 206 Å². The normalized spacial score (nSPS) is 30.5. The largest absolute Gasteiger partial charge is 0.507 e. The number of ketones is 2. The summed E-state index contributed by atoms with van der Waals surface area (Å²) in [5, 5.41) is 50.6. The maximum absolute atomic E-state index is 14.7. The molecule has 3 aromatic carbocycles. The molecule has 3 unspecified atom stereocenters. The van der Waals surface area contributed by atoms with Crippen LogP contribution in [0.1, 0.15) is 68.1 Å². The molecular weight excluding hydrogens is 704 g/mol. The molecule has 0 spiro atoms. The van der Waals surface area contributed by atoms with Crippen LogP contribution in [0.25, 0.3) is 11.1 Å². The van der Waals surface area contributed by atoms with Crippen molar-refractivity contribution in [2.24, 2.45) is 40.2 Å². The third kappa shape index (κ3) is 6.42. The van der Waals surface area contributed by atoms with Crippen molar-refractivity contribution in [2.45, 2.75) is 84.3 Å². The fourth-order valence-electron chi connectivity index (χ4n) is 10.4. The summed E-state index contributed by atoms with van der Waals surface area (Å²) in [5.41, 5.74) is 3.87. The van der Waals surface area contributed by atoms with Crippen molar-refractivity contribution in [3.05, 3.63) is 82.9 Å². The van der Waals surface area contributed by atoms with Gasteiger partial charge in [0.25, 0.3) is 0 Å². The fraction of sp³-hybridized carbons (Fsp3) is 0.488. The zero-order valence-electron chi connectivity index (χ0n) is 32.2. The molecule has 2 saturated carbocycles. The molecule has 9 atom stereocenters. The first kappa shape index (κ1) is 40.1. The van der Waals surface area contributed by atoms with Crippen LogP contribution in [-0.2, 0) is 38.5 Å². The molecule has 12 nitrogen and oxygen atoms in total. The van der Waals surface area contributed by atoms with Crippen molar-refractivity contribution in [3.63, 3.8) is 0 Å². The zero-order chi connectivity index (χ0) is 40.2. The van der Waals surface area contributed by atoms with Gasteiger partial charge in [0.05, 0.1) is 31.3 Å². The summed E-state index contributed by atoms with van der Waals surface area (Å²) in [5.74, 6) is -7.44. The number of methoxy groups -OCH3 is 1. The number of esters is 1. The Labute approximate surface area is 321 Å². The first-order valence-electron chi connectivity index (χ1n) is 18.9. The monoisotopic (exact) mass is 756 g/mol. The second-order valence-corrected chi connectivity index (χ2v) is 16.4. The number of hydrogen-bond acceptors (Lipinski definition) is 11. The standard InChI is InChI=1S/C43H52N2O10/c1-7-55-40(52)28(18-23-11-9-8-10-12-23)45-20-24-13-16-30(54-6)26(17-24)25-14-15-29(46)31-27(25)19-41(4)21-42(5)33(22(2)3)36(48)32(39(44)51)37(49)43(42,53)38(50)34(41)35(31)47/h8-17,22,28,32-34,36,38,45-46,48,50,53H,7,18-21H2,1-6H3,(H2,44,51)/t28?,32-,33+,34-,36?,38?,41-,42-,43+/m1/s1. The molecule has 0 saturated heterocycles. The van der Waals surface area contributed by atoms with Crippen LogP contribution in [0.5, 0.6) is 11.5 Å². The summed E-state index contributed by atoms with van der Waals surface area (Å²) in [6.45, 7) is 9.33. The summed E-state index contributed by atoms with van der Waals surface area (Å²) in [6, 6.07) is 17.6. The van der Waals surface area contributed by atoms with E-state index in [1.807, 2.05) is 49.4 Å². The summed E-state index contributed by atoms with van der Waals surface area (Å²) >= 11 is 0. The molecule has 3 aromatic rings. The maximum Gasteiger partial charge on any atom is 0.323 e. The number of amides is 1. The van der Waals surface area contributed by atoms with Crippen LogP contribution in [-0.4, -0.2) is 81.4 Å². The second kappa shape index (κ2) is 14.8. The van der Waals surface area contributed by atoms with Gasteiger partial charge in [-0.15, -0.1) is 0 Å². The fourth-order valence-corrected chi connectivity index (χ4v) is 10.4. The molecule has 55 heavy (non-hydrogen) atoms. The molecule has 0 aromatic heterocycles. The Morgan fingerprint density at radius 3 is 2.31 bits per heavy atom. The summed E-state index contributed by atoms with van der Waals surface area (Å²) in [6.07, 6.45) is -2.92. The quantitative estimate of drug-likeness (QED) is 0.123. The second-order valence-electron chi connectivity index (χ2n) is 16.4. The number of phenolic OH excluding ortho intramolecular Hbond substituents is 1. The number of aliphatic hydroxyl groups is 3. The highest BCUT2D eigenvalue weighted by Crippen LogP contribution is 2.66. The molecule has 0 bridgehead atoms. The van der Waals surface area contributed by atoms with Crippen LogP contribution in [0.2, 0.25) is 0 Å². The number of ether oxygens (including phenoxy) is 2. The van der Waals surface area contributed by atoms with E-state index in [0.29, 0.717) is 28.9 Å². The van der Waals surface area contributed by atoms with Crippen LogP contribution in [0.15, 0.2) is 60.7 Å². The predicted molar refractivity (Wildman–Crippen MR) is 203 cm³/mol. The van der Waals surface area contributed by atoms with Crippen LogP contribution >= 0.6 is 0 Å². The summed E-state index contributed by atoms with van der Waals surface area (Å²) in [7, 11) is 1.53. The number of aliphatic hydroxyl groups excluding tert-OH is 2. The Bertz CT molecular complexity index is 2000. The number of hydrogen-bond donors (Lipinski definition) is 6. The highest BCUT2D eigenvalue weighted by Gasteiger charge is 2.76. The summed E-state index contributed by atoms with van der Waals surface area (Å²) in [4.78, 5) is 54.3. The number of Topliss-reactive ketones (excluding diaryl/α,β-unsaturated/α-hetero) is 2. The molecule has 0 heterocycles. The maximum atomic E-state index is 14.7. The van der Waals surface area contributed by atoms with Crippen molar-refractivity contribution in [1.29, 1.82) is 0 Å². The molecular formula is C43H52N2O10. The Hall–Kier alpha value is -4.62. The molecule has 0 aliphatic heterocycles. The smallest absolute Gasteiger partial charge is 0.323 e. The third-order valence-electron chi connectivity index (χ3n) is 12.6. The van der Waals surface area contributed by atoms with Crippen LogP contribution in [0, 0.1) is 34.5 Å². The first-order valence-corrected chi connectivity index (χ1v) is 18.9. The van der Waals surface area contributed by atoms with E-state index >= 15 is 0 Å². The van der Waals surface area contributed by atoms with Gasteiger partial charge in [-0.05, 0) is 83.9 Å². The molecule has 1 amide bonds. The first-order chi connectivity index (χ1) is 25.9. The average molecular weight is 757 g/mol. The lowest BCUT2D eigenvalue weighted by Gasteiger charge is -2.66. The third-order valence-corrected chi connectivity index (χ3v) is 12.6. The minimum atomic E-state index is -2.60. The van der Waals surface area contributed by atoms with Crippen molar-refractivity contribution < 1.29 is 49.1 Å². The van der Waals surface area contributed by atoms with Gasteiger partial charge in [-0.3, -0.25) is 19.2 Å². The van der Waals surface area contributed by atoms with Gasteiger partial charge >= 0.3 is 5.97 Å². The number of rotatable bonds is 11. The number of carbonyl (C=O) groups excluding carboxylic acids is 4. The predicted octanol–water partition coefficient (Wildman–Crippen LogP) is 3.51. The number of nitrogens with two attached hydrogens (primary N) is 1. The van der Waals surface area contributed by atoms with Crippen LogP contribution in [0.4, 0.5) is 0 Å². The lowest BCUT2D eigenvalue weighted by molar-refractivity contribution is -0.265. The van der Waals surface area contributed by atoms with Gasteiger partial charge in [0, 0.05) is 17.5 Å². The lowest BCUT2D eigenvalue weighted by atomic mass is 9.39. The van der Waals surface area contributed by atoms with Crippen molar-refractivity contribution in [3.8, 4) is 22.6 Å². The van der Waals surface area contributed by atoms with E-state index in [1.165, 1.54) is 13.2 Å². The molecule has 6 rings (SSSR count). The van der Waals surface area contributed by atoms with Gasteiger partial charge in [-0.2, -0.15) is 0 Å². The lowest BCUT2D eigenvalue weighted by Crippen LogP contribution is -2.79. The number of aromatic hydroxyl groups is 1. The molecule has 0 radical (unpaired) electrons. The van der Waals surface area contributed by atoms with E-state index in [9.17, 15) is 39.6 Å². The van der Waals surface area contributed by atoms with E-state index in [4.69, 9.17) is 15.2 Å². The average Bonchev–Trinajstić information content (AvgIpc) is 3.11. The van der Waals surface area contributed by atoms with Gasteiger partial charge in [-0.25, -0.2) is 0 Å². The van der Waals surface area contributed by atoms with Gasteiger partial charge in [0.1, 0.15) is 29.6 Å². The highest BCUT2D eigenvalue weighted by atomic mass is 16.5. The Kier molecular flexibility index (Phi) is 10.8. The molecule has 7 N–H and O–H groups in total. The van der Waals surface area contributed by atoms with Crippen molar-refractivity contribution in [1.82, 2.24) is 5.32 Å². The van der Waals surface area contributed by atoms with Gasteiger partial charge in [0.15, 0.2) is 17.2 Å². The highest BCUT2D eigenvalue weighted by molar-refractivity contribution is 6.09. The number of nitrogens with one attached hydrogen (secondary N) is 1. The van der Waals surface area contributed by atoms with Gasteiger partial charge in [0.2, 0.25) is 5.91 Å². The molecule has 3 aliphatic rings. The van der Waals surface area contributed by atoms with Gasteiger partial charge in [-0.1, -0.05) is 70.2 Å². The number of benzene rings is 3. The molecule has 2 fully saturated rings. The van der Waals surface area contributed by atoms with E-state index in [0.717, 1.165) is 11.1 Å². The summed E-state index contributed by atoms with van der Waals surface area (Å²) < 4.78 is 11.2. The molecule has 12 heteroatoms. The van der Waals surface area contributed by atoms with Crippen molar-refractivity contribution in [2.75, 3.05) is 13.7 Å². The number of carbonyl (C=O) groups is 4. The molecule has 294 valence electrons. The number of primary amides is 1. The Morgan fingerprint density at radius 1 is 1.00 bits per heavy atom. The van der Waals surface area contributed by atoms with E-state index in [2.05, 4.69) is 5.32 Å².